The van der Waals surface area contributed by atoms with E-state index >= 15 is 0 Å². The van der Waals surface area contributed by atoms with Gasteiger partial charge in [-0.25, -0.2) is 0 Å². The lowest BCUT2D eigenvalue weighted by atomic mass is 10.1. The maximum absolute atomic E-state index is 11.1. The van der Waals surface area contributed by atoms with Gasteiger partial charge in [0, 0.05) is 16.2 Å². The summed E-state index contributed by atoms with van der Waals surface area (Å²) in [6.45, 7) is 4.26. The van der Waals surface area contributed by atoms with E-state index < -0.39 is 0 Å². The third kappa shape index (κ3) is 8.36. The molecule has 1 rings (SSSR count). The van der Waals surface area contributed by atoms with E-state index in [-0.39, 0.29) is 0 Å². The van der Waals surface area contributed by atoms with Crippen molar-refractivity contribution < 1.29 is 4.79 Å². The number of thioether (sulfide) groups is 1. The third-order valence-corrected chi connectivity index (χ3v) is 4.07. The molecule has 0 unspecified atom stereocenters. The quantitative estimate of drug-likeness (QED) is 0.194. The molecule has 0 heterocycles. The molecule has 0 aromatic heterocycles. The maximum Gasteiger partial charge on any atom is 0.146 e. The summed E-state index contributed by atoms with van der Waals surface area (Å²) in [6, 6.07) is 10.2. The summed E-state index contributed by atoms with van der Waals surface area (Å²) >= 11 is 1.69. The minimum Gasteiger partial charge on any atom is -0.298 e. The Bertz CT molecular complexity index is 498. The summed E-state index contributed by atoms with van der Waals surface area (Å²) in [7, 11) is 0. The van der Waals surface area contributed by atoms with Gasteiger partial charge < -0.3 is 0 Å². The lowest BCUT2D eigenvalue weighted by Crippen LogP contribution is -1.89. The molecule has 0 spiro atoms. The second kappa shape index (κ2) is 11.2. The van der Waals surface area contributed by atoms with Crippen molar-refractivity contribution in [3.05, 3.63) is 65.8 Å². The van der Waals surface area contributed by atoms with E-state index in [1.54, 1.807) is 11.8 Å². The van der Waals surface area contributed by atoms with Gasteiger partial charge in [0.2, 0.25) is 0 Å². The number of rotatable bonds is 9. The normalized spacial score (nSPS) is 12.9. The molecule has 1 aromatic rings. The van der Waals surface area contributed by atoms with Crippen LogP contribution in [0.1, 0.15) is 33.1 Å². The fourth-order valence-electron chi connectivity index (χ4n) is 1.73. The van der Waals surface area contributed by atoms with Crippen LogP contribution in [0.15, 0.2) is 70.7 Å². The Labute approximate surface area is 132 Å². The Morgan fingerprint density at radius 3 is 2.57 bits per heavy atom. The number of hydrogen-bond acceptors (Lipinski definition) is 2. The molecule has 1 nitrogen and oxygen atoms in total. The van der Waals surface area contributed by atoms with Gasteiger partial charge in [0.05, 0.1) is 0 Å². The zero-order valence-electron chi connectivity index (χ0n) is 12.9. The van der Waals surface area contributed by atoms with E-state index in [0.717, 1.165) is 31.1 Å². The Morgan fingerprint density at radius 1 is 1.14 bits per heavy atom. The van der Waals surface area contributed by atoms with E-state index in [1.807, 2.05) is 24.3 Å². The first-order valence-corrected chi connectivity index (χ1v) is 8.39. The summed E-state index contributed by atoms with van der Waals surface area (Å²) in [5.74, 6) is 0.715. The second-order valence-electron chi connectivity index (χ2n) is 4.89. The minimum absolute atomic E-state index is 0.715. The molecule has 0 radical (unpaired) electrons. The second-order valence-corrected chi connectivity index (χ2v) is 5.94. The molecule has 0 saturated carbocycles. The van der Waals surface area contributed by atoms with Crippen molar-refractivity contribution in [1.82, 2.24) is 0 Å². The molecular weight excluding hydrogens is 276 g/mol. The number of carbonyl (C=O) groups excluding carboxylic acids is 1. The van der Waals surface area contributed by atoms with Gasteiger partial charge in [-0.2, -0.15) is 0 Å². The van der Waals surface area contributed by atoms with E-state index in [4.69, 9.17) is 0 Å². The van der Waals surface area contributed by atoms with Gasteiger partial charge in [-0.15, -0.1) is 11.8 Å². The first kappa shape index (κ1) is 17.5. The lowest BCUT2D eigenvalue weighted by molar-refractivity contribution is -0.104. The van der Waals surface area contributed by atoms with Crippen molar-refractivity contribution in [1.29, 1.82) is 0 Å². The molecule has 0 N–H and O–H groups in total. The molecule has 0 atom stereocenters. The van der Waals surface area contributed by atoms with Crippen molar-refractivity contribution in [2.24, 2.45) is 0 Å². The topological polar surface area (TPSA) is 17.1 Å². The van der Waals surface area contributed by atoms with Crippen LogP contribution in [0.5, 0.6) is 0 Å². The highest BCUT2D eigenvalue weighted by Gasteiger charge is 1.97. The Morgan fingerprint density at radius 2 is 1.90 bits per heavy atom. The van der Waals surface area contributed by atoms with Crippen LogP contribution < -0.4 is 0 Å². The third-order valence-electron chi connectivity index (χ3n) is 2.99. The Hall–Kier alpha value is -1.54. The van der Waals surface area contributed by atoms with Gasteiger partial charge >= 0.3 is 0 Å². The zero-order valence-corrected chi connectivity index (χ0v) is 13.7. The fraction of sp³-hybridized carbons (Fsp3) is 0.316. The van der Waals surface area contributed by atoms with Gasteiger partial charge in [-0.3, -0.25) is 4.79 Å². The number of hydrogen-bond donors (Lipinski definition) is 0. The highest BCUT2D eigenvalue weighted by Crippen LogP contribution is 2.19. The van der Waals surface area contributed by atoms with Crippen LogP contribution in [0.2, 0.25) is 0 Å². The van der Waals surface area contributed by atoms with Crippen LogP contribution in [0, 0.1) is 0 Å². The van der Waals surface area contributed by atoms with Crippen molar-refractivity contribution in [3.63, 3.8) is 0 Å². The molecule has 21 heavy (non-hydrogen) atoms. The molecule has 0 aliphatic rings. The Kier molecular flexibility index (Phi) is 9.30. The SMILES string of the molecule is CC/C=C\CC/C(C)=C/C=C(/C=O)CSc1ccccc1. The van der Waals surface area contributed by atoms with E-state index in [1.165, 1.54) is 10.5 Å². The van der Waals surface area contributed by atoms with Gasteiger partial charge in [-0.1, -0.05) is 55.0 Å². The standard InChI is InChI=1S/C19H24OS/c1-3-4-5-7-10-17(2)13-14-18(15-20)16-21-19-11-8-6-9-12-19/h4-6,8-9,11-15H,3,7,10,16H2,1-2H3/b5-4-,17-13+,18-14-. The van der Waals surface area contributed by atoms with Crippen LogP contribution in [0.4, 0.5) is 0 Å². The van der Waals surface area contributed by atoms with Crippen molar-refractivity contribution in [3.8, 4) is 0 Å². The van der Waals surface area contributed by atoms with Gasteiger partial charge in [-0.05, 0) is 38.3 Å². The van der Waals surface area contributed by atoms with Crippen LogP contribution in [-0.4, -0.2) is 12.0 Å². The summed E-state index contributed by atoms with van der Waals surface area (Å²) < 4.78 is 0. The predicted molar refractivity (Wildman–Crippen MR) is 93.7 cm³/mol. The van der Waals surface area contributed by atoms with Crippen molar-refractivity contribution in [2.75, 3.05) is 5.75 Å². The molecule has 0 saturated heterocycles. The zero-order chi connectivity index (χ0) is 15.3. The largest absolute Gasteiger partial charge is 0.298 e. The van der Waals surface area contributed by atoms with Crippen LogP contribution in [-0.2, 0) is 4.79 Å². The lowest BCUT2D eigenvalue weighted by Gasteiger charge is -2.01. The average Bonchev–Trinajstić information content (AvgIpc) is 2.53. The van der Waals surface area contributed by atoms with Crippen molar-refractivity contribution >= 4 is 18.0 Å². The number of carbonyl (C=O) groups is 1. The van der Waals surface area contributed by atoms with Crippen LogP contribution in [0.3, 0.4) is 0 Å². The molecule has 0 aliphatic heterocycles. The van der Waals surface area contributed by atoms with Crippen LogP contribution >= 0.6 is 11.8 Å². The van der Waals surface area contributed by atoms with E-state index in [0.29, 0.717) is 5.75 Å². The molecule has 0 bridgehead atoms. The summed E-state index contributed by atoms with van der Waals surface area (Å²) in [6.07, 6.45) is 12.6. The first-order valence-electron chi connectivity index (χ1n) is 7.40. The minimum atomic E-state index is 0.715. The number of allylic oxidation sites excluding steroid dienone is 5. The van der Waals surface area contributed by atoms with Crippen molar-refractivity contribution in [2.45, 2.75) is 38.0 Å². The average molecular weight is 300 g/mol. The highest BCUT2D eigenvalue weighted by molar-refractivity contribution is 7.99. The molecule has 2 heteroatoms. The molecular formula is C19H24OS. The molecule has 1 aromatic carbocycles. The molecule has 112 valence electrons. The smallest absolute Gasteiger partial charge is 0.146 e. The summed E-state index contributed by atoms with van der Waals surface area (Å²) in [5, 5.41) is 0. The summed E-state index contributed by atoms with van der Waals surface area (Å²) in [4.78, 5) is 12.3. The van der Waals surface area contributed by atoms with Crippen LogP contribution in [0.25, 0.3) is 0 Å². The maximum atomic E-state index is 11.1. The molecule has 0 fully saturated rings. The monoisotopic (exact) mass is 300 g/mol. The molecule has 0 amide bonds. The number of aldehydes is 1. The van der Waals surface area contributed by atoms with Gasteiger partial charge in [0.25, 0.3) is 0 Å². The van der Waals surface area contributed by atoms with Gasteiger partial charge in [0.1, 0.15) is 6.29 Å². The highest BCUT2D eigenvalue weighted by atomic mass is 32.2. The Balaban J connectivity index is 2.46. The fourth-order valence-corrected chi connectivity index (χ4v) is 2.58. The number of benzene rings is 1. The summed E-state index contributed by atoms with van der Waals surface area (Å²) in [5.41, 5.74) is 2.13. The van der Waals surface area contributed by atoms with Gasteiger partial charge in [0.15, 0.2) is 0 Å². The van der Waals surface area contributed by atoms with E-state index in [2.05, 4.69) is 44.2 Å². The first-order chi connectivity index (χ1) is 10.3. The molecule has 0 aliphatic carbocycles. The predicted octanol–water partition coefficient (Wildman–Crippen LogP) is 5.60. The van der Waals surface area contributed by atoms with E-state index in [9.17, 15) is 4.79 Å².